The largest absolute Gasteiger partial charge is 0.390 e. The third-order valence-electron chi connectivity index (χ3n) is 7.73. The Hall–Kier alpha value is -1.80. The molecule has 0 unspecified atom stereocenters. The van der Waals surface area contributed by atoms with E-state index >= 15 is 0 Å². The molecule has 4 aromatic rings. The Labute approximate surface area is 251 Å². The summed E-state index contributed by atoms with van der Waals surface area (Å²) in [5, 5.41) is 13.4. The predicted molar refractivity (Wildman–Crippen MR) is 172 cm³/mol. The number of benzene rings is 2. The molecule has 2 aliphatic rings. The number of aliphatic hydroxyl groups is 1. The van der Waals surface area contributed by atoms with Crippen molar-refractivity contribution in [3.05, 3.63) is 68.1 Å². The molecule has 2 saturated heterocycles. The number of aliphatic hydroxyl groups excluding tert-OH is 1. The zero-order chi connectivity index (χ0) is 26.1. The van der Waals surface area contributed by atoms with Gasteiger partial charge in [-0.3, -0.25) is 19.8 Å². The Morgan fingerprint density at radius 1 is 0.632 bits per heavy atom. The maximum atomic E-state index is 10.9. The van der Waals surface area contributed by atoms with Crippen LogP contribution in [0.2, 0.25) is 0 Å². The predicted octanol–water partition coefficient (Wildman–Crippen LogP) is 4.30. The van der Waals surface area contributed by atoms with E-state index in [1.807, 2.05) is 12.4 Å². The molecule has 198 valence electrons. The summed E-state index contributed by atoms with van der Waals surface area (Å²) in [5.41, 5.74) is 4.64. The lowest BCUT2D eigenvalue weighted by Crippen LogP contribution is -2.52. The van der Waals surface area contributed by atoms with Crippen molar-refractivity contribution in [2.75, 3.05) is 75.2 Å². The van der Waals surface area contributed by atoms with E-state index in [1.165, 1.54) is 29.3 Å². The molecule has 38 heavy (non-hydrogen) atoms. The van der Waals surface area contributed by atoms with Crippen LogP contribution in [0.4, 0.5) is 11.4 Å². The summed E-state index contributed by atoms with van der Waals surface area (Å²) in [6, 6.07) is 17.2. The van der Waals surface area contributed by atoms with Crippen molar-refractivity contribution >= 4 is 78.4 Å². The highest BCUT2D eigenvalue weighted by Gasteiger charge is 2.24. The number of hydrogen-bond acceptors (Lipinski definition) is 7. The molecule has 0 saturated carbocycles. The van der Waals surface area contributed by atoms with E-state index in [9.17, 15) is 5.11 Å². The third-order valence-corrected chi connectivity index (χ3v) is 9.07. The van der Waals surface area contributed by atoms with Gasteiger partial charge in [0, 0.05) is 107 Å². The molecule has 9 heteroatoms. The molecule has 1 N–H and O–H groups in total. The van der Waals surface area contributed by atoms with Crippen molar-refractivity contribution in [2.24, 2.45) is 0 Å². The Balaban J connectivity index is 0.992. The second kappa shape index (κ2) is 11.7. The van der Waals surface area contributed by atoms with Gasteiger partial charge in [0.25, 0.3) is 0 Å². The minimum absolute atomic E-state index is 0.333. The van der Waals surface area contributed by atoms with Gasteiger partial charge >= 0.3 is 0 Å². The Kier molecular flexibility index (Phi) is 8.17. The van der Waals surface area contributed by atoms with E-state index in [1.54, 1.807) is 0 Å². The van der Waals surface area contributed by atoms with Gasteiger partial charge in [-0.05, 0) is 93.7 Å². The van der Waals surface area contributed by atoms with Gasteiger partial charge < -0.3 is 14.9 Å². The number of fused-ring (bicyclic) bond motifs is 2. The lowest BCUT2D eigenvalue weighted by atomic mass is 10.1. The van der Waals surface area contributed by atoms with E-state index in [0.717, 1.165) is 76.5 Å². The molecule has 2 aromatic carbocycles. The number of anilines is 2. The average Bonchev–Trinajstić information content (AvgIpc) is 2.93. The lowest BCUT2D eigenvalue weighted by Gasteiger charge is -2.39. The Morgan fingerprint density at radius 3 is 1.47 bits per heavy atom. The monoisotopic (exact) mass is 734 g/mol. The van der Waals surface area contributed by atoms with Gasteiger partial charge in [-0.2, -0.15) is 0 Å². The maximum Gasteiger partial charge on any atom is 0.0793 e. The molecule has 2 fully saturated rings. The number of nitrogens with zero attached hydrogens (tertiary/aromatic N) is 6. The molecule has 0 spiro atoms. The fraction of sp³-hybridized carbons (Fsp3) is 0.379. The van der Waals surface area contributed by atoms with Crippen LogP contribution in [0, 0.1) is 7.14 Å². The number of halogens is 2. The van der Waals surface area contributed by atoms with E-state index in [-0.39, 0.29) is 6.10 Å². The second-order valence-electron chi connectivity index (χ2n) is 10.2. The van der Waals surface area contributed by atoms with Crippen LogP contribution >= 0.6 is 45.2 Å². The van der Waals surface area contributed by atoms with Crippen LogP contribution in [0.25, 0.3) is 21.8 Å². The van der Waals surface area contributed by atoms with Crippen LogP contribution in [0.5, 0.6) is 0 Å². The normalized spacial score (nSPS) is 17.7. The van der Waals surface area contributed by atoms with Gasteiger partial charge in [0.15, 0.2) is 0 Å². The SMILES string of the molecule is OC(CN1CCN(c2ccnc3cc(I)ccc23)CC1)CN1CCN(c2ccnc3cc(I)ccc23)CC1. The molecule has 4 heterocycles. The van der Waals surface area contributed by atoms with Crippen LogP contribution < -0.4 is 9.80 Å². The first-order valence-electron chi connectivity index (χ1n) is 13.2. The summed E-state index contributed by atoms with van der Waals surface area (Å²) in [5.74, 6) is 0. The maximum absolute atomic E-state index is 10.9. The fourth-order valence-corrected chi connectivity index (χ4v) is 6.71. The smallest absolute Gasteiger partial charge is 0.0793 e. The first kappa shape index (κ1) is 26.4. The van der Waals surface area contributed by atoms with Crippen molar-refractivity contribution in [3.63, 3.8) is 0 Å². The van der Waals surface area contributed by atoms with Crippen LogP contribution in [0.3, 0.4) is 0 Å². The van der Waals surface area contributed by atoms with Crippen molar-refractivity contribution in [2.45, 2.75) is 6.10 Å². The molecule has 6 rings (SSSR count). The summed E-state index contributed by atoms with van der Waals surface area (Å²) in [4.78, 5) is 18.9. The number of pyridine rings is 2. The molecule has 0 aliphatic carbocycles. The highest BCUT2D eigenvalue weighted by atomic mass is 127. The van der Waals surface area contributed by atoms with E-state index < -0.39 is 0 Å². The van der Waals surface area contributed by atoms with Crippen molar-refractivity contribution < 1.29 is 5.11 Å². The first-order valence-corrected chi connectivity index (χ1v) is 15.4. The van der Waals surface area contributed by atoms with Crippen molar-refractivity contribution in [1.82, 2.24) is 19.8 Å². The lowest BCUT2D eigenvalue weighted by molar-refractivity contribution is 0.0697. The van der Waals surface area contributed by atoms with Crippen LogP contribution in [-0.4, -0.2) is 96.4 Å². The van der Waals surface area contributed by atoms with Gasteiger partial charge in [0.1, 0.15) is 0 Å². The zero-order valence-electron chi connectivity index (χ0n) is 21.3. The Bertz CT molecular complexity index is 1310. The summed E-state index contributed by atoms with van der Waals surface area (Å²) in [6.45, 7) is 9.20. The van der Waals surface area contributed by atoms with Gasteiger partial charge in [-0.15, -0.1) is 0 Å². The third kappa shape index (κ3) is 5.86. The quantitative estimate of drug-likeness (QED) is 0.297. The van der Waals surface area contributed by atoms with Crippen molar-refractivity contribution in [1.29, 1.82) is 0 Å². The highest BCUT2D eigenvalue weighted by molar-refractivity contribution is 14.1. The molecule has 0 amide bonds. The first-order chi connectivity index (χ1) is 18.5. The highest BCUT2D eigenvalue weighted by Crippen LogP contribution is 2.29. The fourth-order valence-electron chi connectivity index (χ4n) is 5.76. The molecular weight excluding hydrogens is 702 g/mol. The summed E-state index contributed by atoms with van der Waals surface area (Å²) >= 11 is 4.68. The second-order valence-corrected chi connectivity index (χ2v) is 12.7. The van der Waals surface area contributed by atoms with E-state index in [0.29, 0.717) is 0 Å². The molecule has 2 aliphatic heterocycles. The molecule has 0 radical (unpaired) electrons. The molecule has 2 aromatic heterocycles. The van der Waals surface area contributed by atoms with Crippen LogP contribution in [-0.2, 0) is 0 Å². The number of rotatable bonds is 6. The Morgan fingerprint density at radius 2 is 1.05 bits per heavy atom. The van der Waals surface area contributed by atoms with E-state index in [4.69, 9.17) is 0 Å². The number of piperazine rings is 2. The van der Waals surface area contributed by atoms with Gasteiger partial charge in [0.2, 0.25) is 0 Å². The minimum atomic E-state index is -0.333. The molecular formula is C29H32I2N6O. The molecule has 7 nitrogen and oxygen atoms in total. The number of aromatic nitrogens is 2. The van der Waals surface area contributed by atoms with Crippen molar-refractivity contribution in [3.8, 4) is 0 Å². The molecule has 0 bridgehead atoms. The summed E-state index contributed by atoms with van der Waals surface area (Å²) in [7, 11) is 0. The summed E-state index contributed by atoms with van der Waals surface area (Å²) in [6.07, 6.45) is 3.50. The zero-order valence-corrected chi connectivity index (χ0v) is 25.6. The number of β-amino-alcohol motifs (C(OH)–C–C–N with tert-alkyl or cyclic N) is 1. The van der Waals surface area contributed by atoms with Gasteiger partial charge in [0.05, 0.1) is 17.1 Å². The van der Waals surface area contributed by atoms with Crippen LogP contribution in [0.15, 0.2) is 60.9 Å². The van der Waals surface area contributed by atoms with E-state index in [2.05, 4.69) is 123 Å². The van der Waals surface area contributed by atoms with Gasteiger partial charge in [-0.1, -0.05) is 0 Å². The average molecular weight is 734 g/mol. The number of hydrogen-bond donors (Lipinski definition) is 1. The standard InChI is InChI=1S/C29H32I2N6O/c30-21-1-3-24-26(17-21)32-7-5-28(24)36-13-9-34(10-14-36)19-23(38)20-35-11-15-37(16-12-35)29-6-8-33-27-18-22(31)2-4-25(27)29/h1-8,17-18,23,38H,9-16,19-20H2. The van der Waals surface area contributed by atoms with Crippen LogP contribution in [0.1, 0.15) is 0 Å². The minimum Gasteiger partial charge on any atom is -0.390 e. The summed E-state index contributed by atoms with van der Waals surface area (Å²) < 4.78 is 2.42. The topological polar surface area (TPSA) is 59.0 Å². The molecule has 0 atom stereocenters. The van der Waals surface area contributed by atoms with Gasteiger partial charge in [-0.25, -0.2) is 0 Å².